The summed E-state index contributed by atoms with van der Waals surface area (Å²) in [5.41, 5.74) is 2.48. The number of aromatic nitrogens is 2. The van der Waals surface area contributed by atoms with Gasteiger partial charge in [0.05, 0.1) is 18.2 Å². The first-order valence-corrected chi connectivity index (χ1v) is 10.4. The summed E-state index contributed by atoms with van der Waals surface area (Å²) in [6, 6.07) is 14.5. The first kappa shape index (κ1) is 19.0. The number of hydrogen-bond acceptors (Lipinski definition) is 3. The molecule has 0 radical (unpaired) electrons. The van der Waals surface area contributed by atoms with Crippen LogP contribution in [-0.2, 0) is 6.54 Å². The molecule has 6 heteroatoms. The second-order valence-electron chi connectivity index (χ2n) is 8.39. The Morgan fingerprint density at radius 3 is 2.70 bits per heavy atom. The van der Waals surface area contributed by atoms with E-state index in [1.165, 1.54) is 11.6 Å². The van der Waals surface area contributed by atoms with Crippen LogP contribution in [0.1, 0.15) is 33.4 Å². The molecule has 2 fully saturated rings. The van der Waals surface area contributed by atoms with Gasteiger partial charge in [-0.2, -0.15) is 0 Å². The molecule has 0 unspecified atom stereocenters. The van der Waals surface area contributed by atoms with E-state index in [0.29, 0.717) is 18.4 Å². The zero-order valence-corrected chi connectivity index (χ0v) is 17.0. The van der Waals surface area contributed by atoms with E-state index in [0.717, 1.165) is 31.0 Å². The summed E-state index contributed by atoms with van der Waals surface area (Å²) < 4.78 is 14.4. The Balaban J connectivity index is 1.46. The topological polar surface area (TPSA) is 52.2 Å². The number of hydrogen-bond donors (Lipinski definition) is 1. The number of imidazole rings is 1. The Kier molecular flexibility index (Phi) is 4.87. The van der Waals surface area contributed by atoms with E-state index in [1.54, 1.807) is 24.4 Å². The summed E-state index contributed by atoms with van der Waals surface area (Å²) in [5.74, 6) is 0.967. The van der Waals surface area contributed by atoms with Gasteiger partial charge in [-0.15, -0.1) is 0 Å². The van der Waals surface area contributed by atoms with Crippen molar-refractivity contribution in [3.63, 3.8) is 0 Å². The minimum atomic E-state index is -0.456. The van der Waals surface area contributed by atoms with Crippen LogP contribution in [0.3, 0.4) is 0 Å². The molecule has 2 aliphatic heterocycles. The van der Waals surface area contributed by atoms with Gasteiger partial charge in [-0.1, -0.05) is 36.4 Å². The molecule has 0 spiro atoms. The predicted molar refractivity (Wildman–Crippen MR) is 112 cm³/mol. The monoisotopic (exact) mass is 404 g/mol. The summed E-state index contributed by atoms with van der Waals surface area (Å²) in [6.07, 6.45) is 3.62. The average molecular weight is 404 g/mol. The number of aryl methyl sites for hydroxylation is 1. The Morgan fingerprint density at radius 2 is 1.93 bits per heavy atom. The molecule has 2 aromatic carbocycles. The maximum Gasteiger partial charge on any atom is 0.257 e. The molecule has 5 nitrogen and oxygen atoms in total. The SMILES string of the molecule is Cc1ccccc1[C@@H]1[C@H]2CN(Cc3ncc[nH]3)C[C@H]2CN1C(=O)c1ccccc1F. The summed E-state index contributed by atoms with van der Waals surface area (Å²) in [4.78, 5) is 25.2. The summed E-state index contributed by atoms with van der Waals surface area (Å²) in [7, 11) is 0. The van der Waals surface area contributed by atoms with Crippen molar-refractivity contribution in [2.45, 2.75) is 19.5 Å². The highest BCUT2D eigenvalue weighted by Gasteiger charge is 2.49. The lowest BCUT2D eigenvalue weighted by molar-refractivity contribution is 0.0694. The fraction of sp³-hybridized carbons (Fsp3) is 0.333. The molecule has 1 N–H and O–H groups in total. The standard InChI is InChI=1S/C24H25FN4O/c1-16-6-2-3-7-18(16)23-20-14-28(15-22-26-10-11-27-22)12-17(20)13-29(23)24(30)19-8-4-5-9-21(19)25/h2-11,17,20,23H,12-15H2,1H3,(H,26,27)/t17-,20-,23+/m0/s1. The molecule has 5 rings (SSSR count). The van der Waals surface area contributed by atoms with E-state index in [1.807, 2.05) is 23.2 Å². The van der Waals surface area contributed by atoms with Crippen molar-refractivity contribution in [3.8, 4) is 0 Å². The van der Waals surface area contributed by atoms with E-state index < -0.39 is 5.82 Å². The van der Waals surface area contributed by atoms with Crippen molar-refractivity contribution in [1.82, 2.24) is 19.8 Å². The average Bonchev–Trinajstić information content (AvgIpc) is 3.45. The molecule has 3 atom stereocenters. The molecular weight excluding hydrogens is 379 g/mol. The molecule has 3 aromatic rings. The van der Waals surface area contributed by atoms with Gasteiger partial charge in [0.25, 0.3) is 5.91 Å². The van der Waals surface area contributed by atoms with Gasteiger partial charge in [-0.3, -0.25) is 9.69 Å². The fourth-order valence-corrected chi connectivity index (χ4v) is 5.18. The van der Waals surface area contributed by atoms with Crippen molar-refractivity contribution >= 4 is 5.91 Å². The molecule has 154 valence electrons. The van der Waals surface area contributed by atoms with Gasteiger partial charge in [0.1, 0.15) is 11.6 Å². The third-order valence-electron chi connectivity index (χ3n) is 6.54. The number of carbonyl (C=O) groups is 1. The number of aromatic amines is 1. The number of likely N-dealkylation sites (tertiary alicyclic amines) is 2. The number of fused-ring (bicyclic) bond motifs is 1. The second kappa shape index (κ2) is 7.69. The maximum absolute atomic E-state index is 14.4. The first-order chi connectivity index (χ1) is 14.6. The molecule has 0 saturated carbocycles. The zero-order valence-electron chi connectivity index (χ0n) is 17.0. The summed E-state index contributed by atoms with van der Waals surface area (Å²) in [5, 5.41) is 0. The van der Waals surface area contributed by atoms with Crippen LogP contribution in [0.5, 0.6) is 0 Å². The van der Waals surface area contributed by atoms with Crippen molar-refractivity contribution in [2.75, 3.05) is 19.6 Å². The molecule has 3 heterocycles. The van der Waals surface area contributed by atoms with Gasteiger partial charge in [0.2, 0.25) is 0 Å². The Morgan fingerprint density at radius 1 is 1.13 bits per heavy atom. The Hall–Kier alpha value is -2.99. The van der Waals surface area contributed by atoms with Gasteiger partial charge in [0.15, 0.2) is 0 Å². The summed E-state index contributed by atoms with van der Waals surface area (Å²) >= 11 is 0. The third kappa shape index (κ3) is 3.31. The van der Waals surface area contributed by atoms with Crippen LogP contribution in [0.4, 0.5) is 4.39 Å². The lowest BCUT2D eigenvalue weighted by atomic mass is 9.87. The fourth-order valence-electron chi connectivity index (χ4n) is 5.18. The highest BCUT2D eigenvalue weighted by molar-refractivity contribution is 5.95. The van der Waals surface area contributed by atoms with E-state index in [4.69, 9.17) is 0 Å². The number of benzene rings is 2. The normalized spacial score (nSPS) is 23.7. The minimum absolute atomic E-state index is 0.0510. The van der Waals surface area contributed by atoms with E-state index in [2.05, 4.69) is 33.9 Å². The van der Waals surface area contributed by atoms with E-state index in [-0.39, 0.29) is 17.5 Å². The molecular formula is C24H25FN4O. The van der Waals surface area contributed by atoms with Gasteiger partial charge >= 0.3 is 0 Å². The van der Waals surface area contributed by atoms with Gasteiger partial charge in [0, 0.05) is 37.9 Å². The van der Waals surface area contributed by atoms with Gasteiger partial charge < -0.3 is 9.88 Å². The number of nitrogens with one attached hydrogen (secondary N) is 1. The predicted octanol–water partition coefficient (Wildman–Crippen LogP) is 3.80. The number of amides is 1. The second-order valence-corrected chi connectivity index (χ2v) is 8.39. The van der Waals surface area contributed by atoms with Crippen LogP contribution in [0.25, 0.3) is 0 Å². The van der Waals surface area contributed by atoms with Crippen molar-refractivity contribution in [1.29, 1.82) is 0 Å². The molecule has 0 bridgehead atoms. The van der Waals surface area contributed by atoms with Crippen LogP contribution in [0.2, 0.25) is 0 Å². The lowest BCUT2D eigenvalue weighted by Gasteiger charge is -2.31. The largest absolute Gasteiger partial charge is 0.348 e. The highest BCUT2D eigenvalue weighted by atomic mass is 19.1. The molecule has 2 aliphatic rings. The lowest BCUT2D eigenvalue weighted by Crippen LogP contribution is -2.36. The number of H-pyrrole nitrogens is 1. The minimum Gasteiger partial charge on any atom is -0.348 e. The van der Waals surface area contributed by atoms with Crippen LogP contribution in [0.15, 0.2) is 60.9 Å². The van der Waals surface area contributed by atoms with Crippen LogP contribution in [0, 0.1) is 24.6 Å². The first-order valence-electron chi connectivity index (χ1n) is 10.4. The third-order valence-corrected chi connectivity index (χ3v) is 6.54. The Labute approximate surface area is 175 Å². The molecule has 2 saturated heterocycles. The molecule has 30 heavy (non-hydrogen) atoms. The van der Waals surface area contributed by atoms with Crippen LogP contribution < -0.4 is 0 Å². The summed E-state index contributed by atoms with van der Waals surface area (Å²) in [6.45, 7) is 5.32. The number of rotatable bonds is 4. The van der Waals surface area contributed by atoms with Gasteiger partial charge in [-0.25, -0.2) is 9.37 Å². The number of halogens is 1. The van der Waals surface area contributed by atoms with Crippen molar-refractivity contribution in [3.05, 3.63) is 89.3 Å². The van der Waals surface area contributed by atoms with E-state index in [9.17, 15) is 9.18 Å². The Bertz CT molecular complexity index is 1050. The van der Waals surface area contributed by atoms with Crippen LogP contribution in [-0.4, -0.2) is 45.3 Å². The number of nitrogens with zero attached hydrogens (tertiary/aromatic N) is 3. The molecule has 0 aliphatic carbocycles. The maximum atomic E-state index is 14.4. The van der Waals surface area contributed by atoms with Gasteiger partial charge in [-0.05, 0) is 36.1 Å². The molecule has 1 amide bonds. The zero-order chi connectivity index (χ0) is 20.7. The number of carbonyl (C=O) groups excluding carboxylic acids is 1. The smallest absolute Gasteiger partial charge is 0.257 e. The van der Waals surface area contributed by atoms with Crippen molar-refractivity contribution in [2.24, 2.45) is 11.8 Å². The molecule has 1 aromatic heterocycles. The van der Waals surface area contributed by atoms with Crippen molar-refractivity contribution < 1.29 is 9.18 Å². The van der Waals surface area contributed by atoms with E-state index >= 15 is 0 Å². The quantitative estimate of drug-likeness (QED) is 0.720. The highest BCUT2D eigenvalue weighted by Crippen LogP contribution is 2.46. The van der Waals surface area contributed by atoms with Crippen LogP contribution >= 0.6 is 0 Å².